The van der Waals surface area contributed by atoms with Crippen molar-refractivity contribution in [3.8, 4) is 6.07 Å². The van der Waals surface area contributed by atoms with Crippen molar-refractivity contribution in [2.24, 2.45) is 5.92 Å². The van der Waals surface area contributed by atoms with Crippen molar-refractivity contribution >= 4 is 0 Å². The van der Waals surface area contributed by atoms with Crippen LogP contribution < -0.4 is 0 Å². The van der Waals surface area contributed by atoms with Crippen molar-refractivity contribution < 1.29 is 4.42 Å². The Bertz CT molecular complexity index is 347. The summed E-state index contributed by atoms with van der Waals surface area (Å²) in [6.45, 7) is 1.97. The summed E-state index contributed by atoms with van der Waals surface area (Å²) < 4.78 is 5.61. The Morgan fingerprint density at radius 2 is 2.29 bits per heavy atom. The molecule has 1 heterocycles. The smallest absolute Gasteiger partial charge is 0.107 e. The summed E-state index contributed by atoms with van der Waals surface area (Å²) >= 11 is 0. The molecule has 1 aliphatic rings. The van der Waals surface area contributed by atoms with E-state index in [0.717, 1.165) is 30.8 Å². The lowest BCUT2D eigenvalue weighted by molar-refractivity contribution is 0.329. The largest absolute Gasteiger partial charge is 0.466 e. The average molecular weight is 189 g/mol. The molecule has 0 N–H and O–H groups in total. The van der Waals surface area contributed by atoms with E-state index in [0.29, 0.717) is 5.92 Å². The van der Waals surface area contributed by atoms with Crippen LogP contribution in [0.4, 0.5) is 0 Å². The number of hydrogen-bond donors (Lipinski definition) is 0. The molecule has 1 unspecified atom stereocenters. The van der Waals surface area contributed by atoms with Gasteiger partial charge in [-0.2, -0.15) is 5.26 Å². The maximum Gasteiger partial charge on any atom is 0.107 e. The van der Waals surface area contributed by atoms with Gasteiger partial charge in [-0.1, -0.05) is 6.42 Å². The maximum atomic E-state index is 8.88. The molecule has 0 saturated heterocycles. The third-order valence-corrected chi connectivity index (χ3v) is 3.02. The van der Waals surface area contributed by atoms with Crippen molar-refractivity contribution in [2.75, 3.05) is 0 Å². The third kappa shape index (κ3) is 1.82. The van der Waals surface area contributed by atoms with Gasteiger partial charge in [-0.15, -0.1) is 0 Å². The first-order valence-electron chi connectivity index (χ1n) is 5.25. The zero-order valence-electron chi connectivity index (χ0n) is 8.49. The molecule has 2 heteroatoms. The van der Waals surface area contributed by atoms with Crippen molar-refractivity contribution in [1.29, 1.82) is 5.26 Å². The minimum atomic E-state index is 0.235. The average Bonchev–Trinajstić information content (AvgIpc) is 2.65. The molecule has 0 radical (unpaired) electrons. The fourth-order valence-electron chi connectivity index (χ4n) is 2.24. The van der Waals surface area contributed by atoms with E-state index in [-0.39, 0.29) is 5.92 Å². The van der Waals surface area contributed by atoms with E-state index in [2.05, 4.69) is 12.1 Å². The molecule has 74 valence electrons. The zero-order valence-corrected chi connectivity index (χ0v) is 8.49. The molecule has 0 spiro atoms. The number of nitriles is 1. The van der Waals surface area contributed by atoms with Crippen molar-refractivity contribution in [3.63, 3.8) is 0 Å². The Hall–Kier alpha value is -1.23. The molecule has 0 aliphatic heterocycles. The summed E-state index contributed by atoms with van der Waals surface area (Å²) in [6, 6.07) is 6.43. The predicted molar refractivity (Wildman–Crippen MR) is 53.8 cm³/mol. The normalized spacial score (nSPS) is 27.1. The van der Waals surface area contributed by atoms with Crippen LogP contribution in [0.25, 0.3) is 0 Å². The molecule has 0 aromatic carbocycles. The molecule has 2 rings (SSSR count). The maximum absolute atomic E-state index is 8.88. The predicted octanol–water partition coefficient (Wildman–Crippen LogP) is 3.39. The second kappa shape index (κ2) is 3.88. The molecule has 1 fully saturated rings. The highest BCUT2D eigenvalue weighted by Gasteiger charge is 2.24. The number of furan rings is 1. The SMILES string of the molecule is Cc1ccc([C@@H]2CCCC(C#N)C2)o1. The monoisotopic (exact) mass is 189 g/mol. The number of aryl methyl sites for hydroxylation is 1. The lowest BCUT2D eigenvalue weighted by atomic mass is 9.81. The first kappa shape index (κ1) is 9.33. The van der Waals surface area contributed by atoms with Crippen LogP contribution in [-0.2, 0) is 0 Å². The van der Waals surface area contributed by atoms with Crippen LogP contribution in [-0.4, -0.2) is 0 Å². The van der Waals surface area contributed by atoms with Gasteiger partial charge < -0.3 is 4.42 Å². The summed E-state index contributed by atoms with van der Waals surface area (Å²) in [4.78, 5) is 0. The molecule has 2 atom stereocenters. The fraction of sp³-hybridized carbons (Fsp3) is 0.583. The fourth-order valence-corrected chi connectivity index (χ4v) is 2.24. The standard InChI is InChI=1S/C12H15NO/c1-9-5-6-12(14-9)11-4-2-3-10(7-11)8-13/h5-6,10-11H,2-4,7H2,1H3/t10?,11-/m1/s1. The van der Waals surface area contributed by atoms with Gasteiger partial charge in [0.15, 0.2) is 0 Å². The molecule has 1 saturated carbocycles. The molecular weight excluding hydrogens is 174 g/mol. The Morgan fingerprint density at radius 3 is 2.93 bits per heavy atom. The van der Waals surface area contributed by atoms with Crippen LogP contribution in [0, 0.1) is 24.2 Å². The van der Waals surface area contributed by atoms with Gasteiger partial charge in [0.2, 0.25) is 0 Å². The lowest BCUT2D eigenvalue weighted by Crippen LogP contribution is -2.12. The highest BCUT2D eigenvalue weighted by atomic mass is 16.3. The molecular formula is C12H15NO. The molecule has 1 aromatic rings. The quantitative estimate of drug-likeness (QED) is 0.679. The van der Waals surface area contributed by atoms with Crippen molar-refractivity contribution in [3.05, 3.63) is 23.7 Å². The van der Waals surface area contributed by atoms with Gasteiger partial charge in [-0.3, -0.25) is 0 Å². The topological polar surface area (TPSA) is 36.9 Å². The molecule has 1 aromatic heterocycles. The minimum absolute atomic E-state index is 0.235. The van der Waals surface area contributed by atoms with Gasteiger partial charge in [0.25, 0.3) is 0 Å². The van der Waals surface area contributed by atoms with Crippen molar-refractivity contribution in [2.45, 2.75) is 38.5 Å². The Balaban J connectivity index is 2.08. The molecule has 1 aliphatic carbocycles. The Labute approximate surface area is 84.5 Å². The van der Waals surface area contributed by atoms with Gasteiger partial charge in [-0.05, 0) is 38.3 Å². The second-order valence-corrected chi connectivity index (χ2v) is 4.14. The van der Waals surface area contributed by atoms with Crippen LogP contribution in [0.15, 0.2) is 16.5 Å². The van der Waals surface area contributed by atoms with Crippen LogP contribution in [0.3, 0.4) is 0 Å². The molecule has 2 nitrogen and oxygen atoms in total. The van der Waals surface area contributed by atoms with Gasteiger partial charge in [0.05, 0.1) is 6.07 Å². The summed E-state index contributed by atoms with van der Waals surface area (Å²) in [5, 5.41) is 8.88. The zero-order chi connectivity index (χ0) is 9.97. The van der Waals surface area contributed by atoms with Crippen LogP contribution in [0.1, 0.15) is 43.1 Å². The van der Waals surface area contributed by atoms with E-state index >= 15 is 0 Å². The van der Waals surface area contributed by atoms with E-state index in [1.165, 1.54) is 6.42 Å². The summed E-state index contributed by atoms with van der Waals surface area (Å²) in [7, 11) is 0. The van der Waals surface area contributed by atoms with Gasteiger partial charge in [0.1, 0.15) is 11.5 Å². The van der Waals surface area contributed by atoms with Gasteiger partial charge in [-0.25, -0.2) is 0 Å². The second-order valence-electron chi connectivity index (χ2n) is 4.14. The van der Waals surface area contributed by atoms with Gasteiger partial charge in [0, 0.05) is 11.8 Å². The first-order chi connectivity index (χ1) is 6.79. The molecule has 14 heavy (non-hydrogen) atoms. The number of nitrogens with zero attached hydrogens (tertiary/aromatic N) is 1. The number of rotatable bonds is 1. The van der Waals surface area contributed by atoms with Crippen LogP contribution >= 0.6 is 0 Å². The van der Waals surface area contributed by atoms with Crippen molar-refractivity contribution in [1.82, 2.24) is 0 Å². The molecule has 0 bridgehead atoms. The lowest BCUT2D eigenvalue weighted by Gasteiger charge is -2.23. The summed E-state index contributed by atoms with van der Waals surface area (Å²) in [6.07, 6.45) is 4.36. The highest BCUT2D eigenvalue weighted by Crippen LogP contribution is 2.36. The van der Waals surface area contributed by atoms with E-state index in [1.54, 1.807) is 0 Å². The van der Waals surface area contributed by atoms with E-state index < -0.39 is 0 Å². The first-order valence-corrected chi connectivity index (χ1v) is 5.25. The van der Waals surface area contributed by atoms with E-state index in [1.807, 2.05) is 13.0 Å². The Morgan fingerprint density at radius 1 is 1.43 bits per heavy atom. The van der Waals surface area contributed by atoms with E-state index in [4.69, 9.17) is 9.68 Å². The summed E-state index contributed by atoms with van der Waals surface area (Å²) in [5.41, 5.74) is 0. The third-order valence-electron chi connectivity index (χ3n) is 3.02. The molecule has 0 amide bonds. The van der Waals surface area contributed by atoms with Crippen LogP contribution in [0.5, 0.6) is 0 Å². The van der Waals surface area contributed by atoms with Crippen LogP contribution in [0.2, 0.25) is 0 Å². The van der Waals surface area contributed by atoms with E-state index in [9.17, 15) is 0 Å². The summed E-state index contributed by atoms with van der Waals surface area (Å²) in [5.74, 6) is 2.75. The highest BCUT2D eigenvalue weighted by molar-refractivity contribution is 5.12. The minimum Gasteiger partial charge on any atom is -0.466 e. The number of hydrogen-bond acceptors (Lipinski definition) is 2. The Kier molecular flexibility index (Phi) is 2.58. The van der Waals surface area contributed by atoms with Gasteiger partial charge >= 0.3 is 0 Å².